The molecule has 0 saturated heterocycles. The van der Waals surface area contributed by atoms with E-state index in [0.717, 1.165) is 22.3 Å². The van der Waals surface area contributed by atoms with Gasteiger partial charge in [0.15, 0.2) is 11.3 Å². The monoisotopic (exact) mass is 473 g/mol. The van der Waals surface area contributed by atoms with Gasteiger partial charge in [0, 0.05) is 29.9 Å². The lowest BCUT2D eigenvalue weighted by atomic mass is 9.72. The van der Waals surface area contributed by atoms with E-state index in [1.807, 2.05) is 122 Å². The number of benzene rings is 4. The molecule has 0 unspecified atom stereocenters. The van der Waals surface area contributed by atoms with Gasteiger partial charge in [-0.3, -0.25) is 4.79 Å². The van der Waals surface area contributed by atoms with Crippen LogP contribution in [-0.4, -0.2) is 23.2 Å². The molecule has 5 rings (SSSR count). The van der Waals surface area contributed by atoms with Gasteiger partial charge in [0.05, 0.1) is 0 Å². The predicted octanol–water partition coefficient (Wildman–Crippen LogP) is 6.34. The lowest BCUT2D eigenvalue weighted by Gasteiger charge is -2.32. The summed E-state index contributed by atoms with van der Waals surface area (Å²) in [6.45, 7) is 2.01. The fourth-order valence-corrected chi connectivity index (χ4v) is 4.87. The molecule has 0 fully saturated rings. The van der Waals surface area contributed by atoms with Crippen LogP contribution in [0.5, 0.6) is 0 Å². The molecule has 0 aromatic heterocycles. The molecular weight excluding hydrogens is 446 g/mol. The first-order valence-electron chi connectivity index (χ1n) is 12.1. The predicted molar refractivity (Wildman–Crippen MR) is 141 cm³/mol. The lowest BCUT2D eigenvalue weighted by molar-refractivity contribution is -0.139. The topological polar surface area (TPSA) is 55.7 Å². The van der Waals surface area contributed by atoms with E-state index in [0.29, 0.717) is 17.9 Å². The summed E-state index contributed by atoms with van der Waals surface area (Å²) in [7, 11) is 0. The number of aliphatic imine (C=N–C) groups is 1. The second kappa shape index (κ2) is 10.1. The van der Waals surface area contributed by atoms with E-state index in [4.69, 9.17) is 9.73 Å². The van der Waals surface area contributed by atoms with Crippen LogP contribution in [-0.2, 0) is 16.0 Å². The average molecular weight is 474 g/mol. The molecule has 4 heteroatoms. The fraction of sp³-hybridized carbons (Fsp3) is 0.156. The van der Waals surface area contributed by atoms with Crippen molar-refractivity contribution in [3.8, 4) is 0 Å². The Morgan fingerprint density at radius 2 is 1.47 bits per heavy atom. The summed E-state index contributed by atoms with van der Waals surface area (Å²) in [4.78, 5) is 32.4. The summed E-state index contributed by atoms with van der Waals surface area (Å²) in [5.74, 6) is -0.691. The summed E-state index contributed by atoms with van der Waals surface area (Å²) in [6.07, 6.45) is 0.449. The summed E-state index contributed by atoms with van der Waals surface area (Å²) >= 11 is 0. The molecule has 0 spiro atoms. The number of cyclic esters (lactones) is 1. The van der Waals surface area contributed by atoms with Gasteiger partial charge in [0.2, 0.25) is 5.90 Å². The molecule has 0 bridgehead atoms. The number of hydrogen-bond donors (Lipinski definition) is 0. The molecule has 0 aliphatic carbocycles. The molecular formula is C32H27NO3. The highest BCUT2D eigenvalue weighted by atomic mass is 16.6. The smallest absolute Gasteiger partial charge is 0.341 e. The molecule has 0 amide bonds. The molecule has 4 aromatic carbocycles. The van der Waals surface area contributed by atoms with Crippen molar-refractivity contribution in [3.05, 3.63) is 143 Å². The van der Waals surface area contributed by atoms with Crippen LogP contribution in [0.2, 0.25) is 0 Å². The number of esters is 1. The Labute approximate surface area is 211 Å². The highest BCUT2D eigenvalue weighted by molar-refractivity contribution is 6.09. The van der Waals surface area contributed by atoms with Gasteiger partial charge in [0.25, 0.3) is 0 Å². The number of hydrogen-bond acceptors (Lipinski definition) is 4. The van der Waals surface area contributed by atoms with Crippen molar-refractivity contribution in [2.24, 2.45) is 4.99 Å². The maximum absolute atomic E-state index is 13.9. The van der Waals surface area contributed by atoms with Crippen LogP contribution in [0.4, 0.5) is 0 Å². The van der Waals surface area contributed by atoms with Crippen LogP contribution in [0.25, 0.3) is 0 Å². The number of ketones is 1. The van der Waals surface area contributed by atoms with Gasteiger partial charge in [-0.25, -0.2) is 9.79 Å². The first-order valence-corrected chi connectivity index (χ1v) is 12.1. The molecule has 4 aromatic rings. The SMILES string of the molecule is Cc1cccc([C@@H](CC(=O)c2ccccc2)[C@@]2(Cc3ccccc3)N=C(c3ccccc3)OC2=O)c1. The van der Waals surface area contributed by atoms with Gasteiger partial charge in [-0.05, 0) is 30.2 Å². The number of ether oxygens (including phenoxy) is 1. The van der Waals surface area contributed by atoms with Crippen molar-refractivity contribution in [1.29, 1.82) is 0 Å². The molecule has 1 heterocycles. The molecule has 0 radical (unpaired) electrons. The zero-order chi connectivity index (χ0) is 25.0. The molecule has 0 saturated carbocycles. The summed E-state index contributed by atoms with van der Waals surface area (Å²) in [5, 5.41) is 0. The quantitative estimate of drug-likeness (QED) is 0.222. The van der Waals surface area contributed by atoms with E-state index in [1.165, 1.54) is 0 Å². The highest BCUT2D eigenvalue weighted by Crippen LogP contribution is 2.43. The molecule has 4 nitrogen and oxygen atoms in total. The van der Waals surface area contributed by atoms with Crippen LogP contribution >= 0.6 is 0 Å². The Morgan fingerprint density at radius 3 is 2.14 bits per heavy atom. The Balaban J connectivity index is 1.67. The summed E-state index contributed by atoms with van der Waals surface area (Å²) in [5.41, 5.74) is 2.97. The normalized spacial score (nSPS) is 17.8. The van der Waals surface area contributed by atoms with E-state index in [-0.39, 0.29) is 12.2 Å². The van der Waals surface area contributed by atoms with Gasteiger partial charge in [-0.2, -0.15) is 0 Å². The van der Waals surface area contributed by atoms with Crippen molar-refractivity contribution in [1.82, 2.24) is 0 Å². The number of rotatable bonds is 8. The van der Waals surface area contributed by atoms with Gasteiger partial charge < -0.3 is 4.74 Å². The van der Waals surface area contributed by atoms with Crippen LogP contribution in [0.3, 0.4) is 0 Å². The lowest BCUT2D eigenvalue weighted by Crippen LogP contribution is -2.43. The first kappa shape index (κ1) is 23.4. The maximum Gasteiger partial charge on any atom is 0.341 e. The Morgan fingerprint density at radius 1 is 0.833 bits per heavy atom. The molecule has 1 aliphatic heterocycles. The maximum atomic E-state index is 13.9. The number of Topliss-reactive ketones (excluding diaryl/α,β-unsaturated/α-hetero) is 1. The number of carbonyl (C=O) groups is 2. The second-order valence-electron chi connectivity index (χ2n) is 9.22. The number of aryl methyl sites for hydroxylation is 1. The zero-order valence-corrected chi connectivity index (χ0v) is 20.1. The van der Waals surface area contributed by atoms with Crippen molar-refractivity contribution in [2.45, 2.75) is 31.2 Å². The minimum Gasteiger partial charge on any atom is -0.405 e. The minimum absolute atomic E-state index is 0.0364. The summed E-state index contributed by atoms with van der Waals surface area (Å²) in [6, 6.07) is 36.4. The number of carbonyl (C=O) groups excluding carboxylic acids is 2. The molecule has 178 valence electrons. The zero-order valence-electron chi connectivity index (χ0n) is 20.1. The molecule has 0 N–H and O–H groups in total. The van der Waals surface area contributed by atoms with Crippen LogP contribution in [0.1, 0.15) is 45.0 Å². The first-order chi connectivity index (χ1) is 17.5. The van der Waals surface area contributed by atoms with Gasteiger partial charge in [-0.15, -0.1) is 0 Å². The van der Waals surface area contributed by atoms with E-state index in [9.17, 15) is 9.59 Å². The highest BCUT2D eigenvalue weighted by Gasteiger charge is 2.53. The Hall–Kier alpha value is -4.31. The van der Waals surface area contributed by atoms with Crippen molar-refractivity contribution < 1.29 is 14.3 Å². The molecule has 1 aliphatic rings. The van der Waals surface area contributed by atoms with Gasteiger partial charge >= 0.3 is 5.97 Å². The van der Waals surface area contributed by atoms with Crippen molar-refractivity contribution >= 4 is 17.7 Å². The average Bonchev–Trinajstić information content (AvgIpc) is 3.25. The standard InChI is InChI=1S/C32H27NO3/c1-23-12-11-19-27(20-23)28(21-29(34)25-15-7-3-8-16-25)32(22-24-13-5-2-6-14-24)31(35)36-30(33-32)26-17-9-4-10-18-26/h2-20,28H,21-22H2,1H3/t28-,32-/m1/s1. The molecule has 2 atom stereocenters. The Kier molecular flexibility index (Phi) is 6.59. The number of nitrogens with zero attached hydrogens (tertiary/aromatic N) is 1. The van der Waals surface area contributed by atoms with E-state index < -0.39 is 17.4 Å². The van der Waals surface area contributed by atoms with E-state index in [1.54, 1.807) is 0 Å². The second-order valence-corrected chi connectivity index (χ2v) is 9.22. The van der Waals surface area contributed by atoms with Crippen LogP contribution in [0, 0.1) is 6.92 Å². The third-order valence-corrected chi connectivity index (χ3v) is 6.69. The fourth-order valence-electron chi connectivity index (χ4n) is 4.87. The third-order valence-electron chi connectivity index (χ3n) is 6.69. The van der Waals surface area contributed by atoms with Crippen molar-refractivity contribution in [2.75, 3.05) is 0 Å². The molecule has 36 heavy (non-hydrogen) atoms. The van der Waals surface area contributed by atoms with Crippen LogP contribution < -0.4 is 0 Å². The largest absolute Gasteiger partial charge is 0.405 e. The Bertz CT molecular complexity index is 1400. The van der Waals surface area contributed by atoms with Gasteiger partial charge in [0.1, 0.15) is 0 Å². The van der Waals surface area contributed by atoms with E-state index >= 15 is 0 Å². The van der Waals surface area contributed by atoms with Crippen LogP contribution in [0.15, 0.2) is 120 Å². The van der Waals surface area contributed by atoms with E-state index in [2.05, 4.69) is 0 Å². The van der Waals surface area contributed by atoms with Crippen molar-refractivity contribution in [3.63, 3.8) is 0 Å². The minimum atomic E-state index is -1.29. The van der Waals surface area contributed by atoms with Gasteiger partial charge in [-0.1, -0.05) is 109 Å². The third kappa shape index (κ3) is 4.76. The summed E-state index contributed by atoms with van der Waals surface area (Å²) < 4.78 is 5.86.